The zero-order valence-electron chi connectivity index (χ0n) is 13.4. The second-order valence-electron chi connectivity index (χ2n) is 5.09. The number of benzene rings is 1. The van der Waals surface area contributed by atoms with Crippen LogP contribution < -0.4 is 9.62 Å². The van der Waals surface area contributed by atoms with Crippen molar-refractivity contribution in [1.29, 1.82) is 0 Å². The van der Waals surface area contributed by atoms with Crippen LogP contribution in [0.3, 0.4) is 0 Å². The SMILES string of the molecule is CCN(CC)c1ccc(NS(=O)(=O)c2ccc(Cl)c(C)c2)nc1. The summed E-state index contributed by atoms with van der Waals surface area (Å²) >= 11 is 5.93. The Kier molecular flexibility index (Phi) is 5.49. The highest BCUT2D eigenvalue weighted by Gasteiger charge is 2.16. The molecule has 5 nitrogen and oxygen atoms in total. The average Bonchev–Trinajstić information content (AvgIpc) is 2.52. The van der Waals surface area contributed by atoms with E-state index in [1.54, 1.807) is 25.3 Å². The summed E-state index contributed by atoms with van der Waals surface area (Å²) in [6.07, 6.45) is 1.66. The molecule has 0 fully saturated rings. The highest BCUT2D eigenvalue weighted by Crippen LogP contribution is 2.22. The van der Waals surface area contributed by atoms with Crippen LogP contribution in [0.25, 0.3) is 0 Å². The van der Waals surface area contributed by atoms with Crippen LogP contribution in [0.1, 0.15) is 19.4 Å². The predicted molar refractivity (Wildman–Crippen MR) is 94.8 cm³/mol. The lowest BCUT2D eigenvalue weighted by Crippen LogP contribution is -2.22. The monoisotopic (exact) mass is 353 g/mol. The minimum absolute atomic E-state index is 0.161. The van der Waals surface area contributed by atoms with Gasteiger partial charge in [-0.05, 0) is 56.7 Å². The Hall–Kier alpha value is -1.79. The molecule has 7 heteroatoms. The van der Waals surface area contributed by atoms with Crippen LogP contribution in [0, 0.1) is 6.92 Å². The molecule has 0 atom stereocenters. The maximum Gasteiger partial charge on any atom is 0.263 e. The lowest BCUT2D eigenvalue weighted by molar-refractivity contribution is 0.601. The molecule has 0 saturated heterocycles. The Morgan fingerprint density at radius 1 is 1.17 bits per heavy atom. The summed E-state index contributed by atoms with van der Waals surface area (Å²) in [7, 11) is -3.68. The first-order valence-electron chi connectivity index (χ1n) is 7.37. The van der Waals surface area contributed by atoms with Gasteiger partial charge in [-0.15, -0.1) is 0 Å². The van der Waals surface area contributed by atoms with E-state index in [0.29, 0.717) is 10.6 Å². The minimum Gasteiger partial charge on any atom is -0.371 e. The second kappa shape index (κ2) is 7.19. The first-order chi connectivity index (χ1) is 10.9. The molecule has 0 aliphatic carbocycles. The standard InChI is InChI=1S/C16H20ClN3O2S/c1-4-20(5-2)13-6-9-16(18-11-13)19-23(21,22)14-7-8-15(17)12(3)10-14/h6-11H,4-5H2,1-3H3,(H,18,19). The highest BCUT2D eigenvalue weighted by atomic mass is 35.5. The predicted octanol–water partition coefficient (Wildman–Crippen LogP) is 3.69. The fourth-order valence-corrected chi connectivity index (χ4v) is 3.41. The number of sulfonamides is 1. The van der Waals surface area contributed by atoms with Gasteiger partial charge in [0.05, 0.1) is 16.8 Å². The number of rotatable bonds is 6. The molecular weight excluding hydrogens is 334 g/mol. The van der Waals surface area contributed by atoms with Gasteiger partial charge in [-0.3, -0.25) is 4.72 Å². The van der Waals surface area contributed by atoms with Crippen molar-refractivity contribution in [2.24, 2.45) is 0 Å². The topological polar surface area (TPSA) is 62.3 Å². The molecular formula is C16H20ClN3O2S. The van der Waals surface area contributed by atoms with Crippen LogP contribution in [-0.4, -0.2) is 26.5 Å². The maximum absolute atomic E-state index is 12.4. The van der Waals surface area contributed by atoms with E-state index in [-0.39, 0.29) is 10.7 Å². The number of hydrogen-bond acceptors (Lipinski definition) is 4. The maximum atomic E-state index is 12.4. The number of pyridine rings is 1. The van der Waals surface area contributed by atoms with E-state index in [0.717, 1.165) is 18.8 Å². The van der Waals surface area contributed by atoms with Gasteiger partial charge in [0, 0.05) is 18.1 Å². The third-order valence-electron chi connectivity index (χ3n) is 3.56. The molecule has 0 aliphatic heterocycles. The Morgan fingerprint density at radius 3 is 2.39 bits per heavy atom. The van der Waals surface area contributed by atoms with Gasteiger partial charge >= 0.3 is 0 Å². The van der Waals surface area contributed by atoms with Crippen LogP contribution in [0.15, 0.2) is 41.4 Å². The quantitative estimate of drug-likeness (QED) is 0.860. The van der Waals surface area contributed by atoms with Crippen molar-refractivity contribution >= 4 is 33.1 Å². The largest absolute Gasteiger partial charge is 0.371 e. The molecule has 1 aromatic carbocycles. The van der Waals surface area contributed by atoms with E-state index in [4.69, 9.17) is 11.6 Å². The molecule has 0 bridgehead atoms. The van der Waals surface area contributed by atoms with E-state index < -0.39 is 10.0 Å². The summed E-state index contributed by atoms with van der Waals surface area (Å²) < 4.78 is 27.3. The molecule has 0 aliphatic rings. The fourth-order valence-electron chi connectivity index (χ4n) is 2.20. The molecule has 0 amide bonds. The fraction of sp³-hybridized carbons (Fsp3) is 0.312. The molecule has 2 aromatic rings. The van der Waals surface area contributed by atoms with E-state index in [2.05, 4.69) is 28.5 Å². The van der Waals surface area contributed by atoms with Crippen molar-refractivity contribution in [1.82, 2.24) is 4.98 Å². The number of aromatic nitrogens is 1. The van der Waals surface area contributed by atoms with E-state index in [1.165, 1.54) is 12.1 Å². The van der Waals surface area contributed by atoms with Crippen LogP contribution in [0.2, 0.25) is 5.02 Å². The molecule has 0 radical (unpaired) electrons. The van der Waals surface area contributed by atoms with Crippen molar-refractivity contribution in [2.75, 3.05) is 22.7 Å². The normalized spacial score (nSPS) is 11.3. The van der Waals surface area contributed by atoms with Crippen LogP contribution in [0.4, 0.5) is 11.5 Å². The molecule has 1 aromatic heterocycles. The molecule has 0 spiro atoms. The van der Waals surface area contributed by atoms with Crippen molar-refractivity contribution < 1.29 is 8.42 Å². The third-order valence-corrected chi connectivity index (χ3v) is 5.33. The first-order valence-corrected chi connectivity index (χ1v) is 9.23. The smallest absolute Gasteiger partial charge is 0.263 e. The van der Waals surface area contributed by atoms with Gasteiger partial charge < -0.3 is 4.90 Å². The summed E-state index contributed by atoms with van der Waals surface area (Å²) in [6, 6.07) is 8.10. The van der Waals surface area contributed by atoms with Gasteiger partial charge in [0.25, 0.3) is 10.0 Å². The molecule has 1 heterocycles. The minimum atomic E-state index is -3.68. The van der Waals surface area contributed by atoms with Gasteiger partial charge in [0.2, 0.25) is 0 Å². The van der Waals surface area contributed by atoms with Gasteiger partial charge in [-0.2, -0.15) is 0 Å². The van der Waals surface area contributed by atoms with E-state index in [9.17, 15) is 8.42 Å². The Bertz CT molecular complexity index is 772. The lowest BCUT2D eigenvalue weighted by Gasteiger charge is -2.20. The number of halogens is 1. The van der Waals surface area contributed by atoms with Crippen molar-refractivity contribution in [3.63, 3.8) is 0 Å². The van der Waals surface area contributed by atoms with E-state index in [1.807, 2.05) is 6.07 Å². The summed E-state index contributed by atoms with van der Waals surface area (Å²) in [5.41, 5.74) is 1.67. The summed E-state index contributed by atoms with van der Waals surface area (Å²) in [4.78, 5) is 6.48. The van der Waals surface area contributed by atoms with E-state index >= 15 is 0 Å². The van der Waals surface area contributed by atoms with Gasteiger partial charge in [0.15, 0.2) is 0 Å². The average molecular weight is 354 g/mol. The number of aryl methyl sites for hydroxylation is 1. The van der Waals surface area contributed by atoms with Crippen molar-refractivity contribution in [3.8, 4) is 0 Å². The van der Waals surface area contributed by atoms with Crippen LogP contribution in [0.5, 0.6) is 0 Å². The second-order valence-corrected chi connectivity index (χ2v) is 7.18. The van der Waals surface area contributed by atoms with Gasteiger partial charge in [0.1, 0.15) is 5.82 Å². The summed E-state index contributed by atoms with van der Waals surface area (Å²) in [5.74, 6) is 0.286. The lowest BCUT2D eigenvalue weighted by atomic mass is 10.2. The Morgan fingerprint density at radius 2 is 1.87 bits per heavy atom. The molecule has 0 unspecified atom stereocenters. The van der Waals surface area contributed by atoms with Crippen molar-refractivity contribution in [3.05, 3.63) is 47.1 Å². The van der Waals surface area contributed by atoms with Crippen LogP contribution >= 0.6 is 11.6 Å². The molecule has 1 N–H and O–H groups in total. The number of anilines is 2. The van der Waals surface area contributed by atoms with Gasteiger partial charge in [-0.1, -0.05) is 11.6 Å². The summed E-state index contributed by atoms with van der Waals surface area (Å²) in [6.45, 7) is 7.62. The van der Waals surface area contributed by atoms with Crippen LogP contribution in [-0.2, 0) is 10.0 Å². The van der Waals surface area contributed by atoms with Gasteiger partial charge in [-0.25, -0.2) is 13.4 Å². The molecule has 0 saturated carbocycles. The number of nitrogens with zero attached hydrogens (tertiary/aromatic N) is 2. The summed E-state index contributed by atoms with van der Waals surface area (Å²) in [5, 5.41) is 0.533. The Labute approximate surface area is 142 Å². The Balaban J connectivity index is 2.22. The molecule has 23 heavy (non-hydrogen) atoms. The first kappa shape index (κ1) is 17.6. The number of hydrogen-bond donors (Lipinski definition) is 1. The third kappa shape index (κ3) is 4.14. The molecule has 2 rings (SSSR count). The zero-order chi connectivity index (χ0) is 17.0. The highest BCUT2D eigenvalue weighted by molar-refractivity contribution is 7.92. The zero-order valence-corrected chi connectivity index (χ0v) is 14.9. The molecule has 124 valence electrons. The number of nitrogens with one attached hydrogen (secondary N) is 1. The van der Waals surface area contributed by atoms with Crippen molar-refractivity contribution in [2.45, 2.75) is 25.7 Å².